The van der Waals surface area contributed by atoms with Crippen LogP contribution in [0.25, 0.3) is 11.5 Å². The molecule has 0 atom stereocenters. The summed E-state index contributed by atoms with van der Waals surface area (Å²) in [5.74, 6) is -1.25. The van der Waals surface area contributed by atoms with E-state index in [2.05, 4.69) is 53.3 Å². The van der Waals surface area contributed by atoms with Crippen LogP contribution in [0.1, 0.15) is 150 Å². The van der Waals surface area contributed by atoms with Gasteiger partial charge in [0.1, 0.15) is 0 Å². The number of hydrogen-bond donors (Lipinski definition) is 1. The number of carbonyl (C=O) groups is 2. The van der Waals surface area contributed by atoms with E-state index < -0.39 is 11.8 Å². The molecule has 51 heavy (non-hydrogen) atoms. The van der Waals surface area contributed by atoms with Gasteiger partial charge in [-0.1, -0.05) is 214 Å². The number of benzene rings is 2. The summed E-state index contributed by atoms with van der Waals surface area (Å²) in [7, 11) is 2.00. The van der Waals surface area contributed by atoms with Crippen molar-refractivity contribution in [1.82, 2.24) is 0 Å². The Kier molecular flexibility index (Phi) is 133. The zero-order valence-corrected chi connectivity index (χ0v) is 38.7. The maximum Gasteiger partial charge on any atom is 0.484 e. The molecule has 3 radical (unpaired) electrons. The van der Waals surface area contributed by atoms with Crippen molar-refractivity contribution in [2.45, 2.75) is 132 Å². The van der Waals surface area contributed by atoms with Crippen LogP contribution in [0, 0.1) is 13.8 Å². The van der Waals surface area contributed by atoms with E-state index in [-0.39, 0.29) is 87.7 Å². The van der Waals surface area contributed by atoms with Crippen LogP contribution in [0.15, 0.2) is 97.1 Å². The fourth-order valence-electron chi connectivity index (χ4n) is 2.20. The van der Waals surface area contributed by atoms with Gasteiger partial charge >= 0.3 is 7.69 Å². The maximum absolute atomic E-state index is 10.4. The Morgan fingerprint density at radius 3 is 0.804 bits per heavy atom. The van der Waals surface area contributed by atoms with Crippen molar-refractivity contribution < 1.29 is 84.7 Å². The smallest absolute Gasteiger partial charge is 0.484 e. The van der Waals surface area contributed by atoms with Gasteiger partial charge in [0.15, 0.2) is 0 Å². The molecule has 4 rings (SSSR count). The second-order valence-corrected chi connectivity index (χ2v) is 6.92. The summed E-state index contributed by atoms with van der Waals surface area (Å²) in [6, 6.07) is 13.9. The van der Waals surface area contributed by atoms with Crippen molar-refractivity contribution in [1.29, 1.82) is 0 Å². The van der Waals surface area contributed by atoms with Crippen LogP contribution in [0.5, 0.6) is 0 Å². The largest absolute Gasteiger partial charge is 0.664 e. The van der Waals surface area contributed by atoms with Crippen LogP contribution < -0.4 is 0 Å². The summed E-state index contributed by atoms with van der Waals surface area (Å²) in [6.45, 7) is 27.9. The van der Waals surface area contributed by atoms with Crippen LogP contribution in [-0.2, 0) is 70.1 Å². The van der Waals surface area contributed by atoms with E-state index in [1.807, 2.05) is 121 Å². The molecule has 0 saturated heterocycles. The van der Waals surface area contributed by atoms with Crippen LogP contribution in [-0.4, -0.2) is 31.6 Å². The predicted octanol–water partition coefficient (Wildman–Crippen LogP) is 14.6. The summed E-state index contributed by atoms with van der Waals surface area (Å²) >= 11 is 0. The molecule has 293 valence electrons. The van der Waals surface area contributed by atoms with Gasteiger partial charge in [-0.15, -0.1) is 0 Å². The van der Waals surface area contributed by atoms with Crippen LogP contribution in [0.3, 0.4) is 0 Å². The third kappa shape index (κ3) is 74.6. The van der Waals surface area contributed by atoms with Crippen molar-refractivity contribution in [2.75, 3.05) is 7.11 Å². The summed E-state index contributed by atoms with van der Waals surface area (Å²) < 4.78 is 3.97. The molecule has 9 heteroatoms. The first-order valence-electron chi connectivity index (χ1n) is 16.6. The quantitative estimate of drug-likeness (QED) is 0.310. The van der Waals surface area contributed by atoms with Gasteiger partial charge in [-0.3, -0.25) is 0 Å². The van der Waals surface area contributed by atoms with Gasteiger partial charge in [-0.2, -0.15) is 0 Å². The minimum Gasteiger partial charge on any atom is -0.664 e. The number of aryl methyl sites for hydroxylation is 2. The second kappa shape index (κ2) is 82.2. The average Bonchev–Trinajstić information content (AvgIpc) is 3.92. The molecular formula is C42H80BN2O4Y2-2. The van der Waals surface area contributed by atoms with E-state index in [4.69, 9.17) is 16.5 Å². The van der Waals surface area contributed by atoms with Gasteiger partial charge in [0.25, 0.3) is 0 Å². The van der Waals surface area contributed by atoms with E-state index in [1.54, 1.807) is 24.3 Å². The Morgan fingerprint density at radius 2 is 0.706 bits per heavy atom. The fraction of sp³-hybridized carbons (Fsp3) is 0.476. The molecule has 2 amide bonds. The Bertz CT molecular complexity index is 864. The van der Waals surface area contributed by atoms with Gasteiger partial charge in [-0.05, 0) is 37.8 Å². The summed E-state index contributed by atoms with van der Waals surface area (Å²) in [5, 5.41) is 7.53. The molecule has 2 aromatic rings. The Hall–Kier alpha value is -1.47. The molecule has 2 aliphatic carbocycles. The van der Waals surface area contributed by atoms with Crippen LogP contribution >= 0.6 is 0 Å². The number of carbonyl (C=O) groups excluding carboxylic acids is 2. The Morgan fingerprint density at radius 1 is 0.529 bits per heavy atom. The van der Waals surface area contributed by atoms with Gasteiger partial charge < -0.3 is 30.7 Å². The van der Waals surface area contributed by atoms with E-state index in [9.17, 15) is 9.59 Å². The molecule has 2 aromatic carbocycles. The monoisotopic (exact) mass is 865 g/mol. The third-order valence-electron chi connectivity index (χ3n) is 4.04. The molecule has 2 aliphatic rings. The van der Waals surface area contributed by atoms with Crippen LogP contribution in [0.4, 0.5) is 0 Å². The number of nitrogens with one attached hydrogen (secondary N) is 2. The minimum atomic E-state index is -0.625. The Balaban J connectivity index is -0.0000000348. The van der Waals surface area contributed by atoms with E-state index in [0.717, 1.165) is 24.0 Å². The van der Waals surface area contributed by atoms with Crippen LogP contribution in [0.2, 0.25) is 0 Å². The predicted molar refractivity (Wildman–Crippen MR) is 229 cm³/mol. The molecule has 0 unspecified atom stereocenters. The minimum absolute atomic E-state index is 0. The van der Waals surface area contributed by atoms with Crippen molar-refractivity contribution in [2.24, 2.45) is 0 Å². The normalized spacial score (nSPS) is 8.31. The number of allylic oxidation sites excluding steroid dienone is 8. The number of rotatable bonds is 3. The first-order chi connectivity index (χ1) is 22.3. The van der Waals surface area contributed by atoms with Gasteiger partial charge in [-0.25, -0.2) is 0 Å². The second-order valence-electron chi connectivity index (χ2n) is 6.92. The molecule has 0 saturated carbocycles. The zero-order chi connectivity index (χ0) is 37.6. The van der Waals surface area contributed by atoms with Crippen molar-refractivity contribution >= 4 is 19.5 Å². The van der Waals surface area contributed by atoms with Crippen molar-refractivity contribution in [3.8, 4) is 0 Å². The zero-order valence-electron chi connectivity index (χ0n) is 33.1. The standard InChI is InChI=1S/2C8H9NO.2C5H6.6C2H6.CH4BO2.3CH4.2Y/c2*1-6-2-4-7(5-3-6)8(9)10;2*1-2-4-5-3-1;6*1-2;1-4-2-3;;;;;/h2*2-5H,1H3,(H2,9,10);2*1-4H,5H2;6*1-2H3;3H,1H3;3*1H4;;/p-2. The first kappa shape index (κ1) is 82.8. The summed E-state index contributed by atoms with van der Waals surface area (Å²) in [4.78, 5) is 20.8. The Labute approximate surface area is 370 Å². The average molecular weight is 866 g/mol. The molecule has 3 N–H and O–H groups in total. The van der Waals surface area contributed by atoms with Gasteiger partial charge in [0.2, 0.25) is 0 Å². The molecule has 0 heterocycles. The summed E-state index contributed by atoms with van der Waals surface area (Å²) in [5.41, 5.74) is 16.6. The van der Waals surface area contributed by atoms with E-state index in [0.29, 0.717) is 18.8 Å². The molecule has 0 aromatic heterocycles. The van der Waals surface area contributed by atoms with E-state index in [1.165, 1.54) is 7.11 Å². The van der Waals surface area contributed by atoms with Crippen molar-refractivity contribution in [3.63, 3.8) is 0 Å². The first-order valence-corrected chi connectivity index (χ1v) is 16.6. The third-order valence-corrected chi connectivity index (χ3v) is 4.04. The van der Waals surface area contributed by atoms with Crippen molar-refractivity contribution in [3.05, 3.63) is 131 Å². The SMILES string of the molecule is C.C.C.C1=CCC=C1.C1=CCC=C1.CC.CC.CC.CC.CC.CC.CO[B]O.Cc1ccc(C([NH-])=O)cc1.Cc1ccc(C([NH-])=O)cc1.[Y].[Y]. The number of hydrogen-bond acceptors (Lipinski definition) is 4. The fourth-order valence-corrected chi connectivity index (χ4v) is 2.20. The van der Waals surface area contributed by atoms with Gasteiger partial charge in [0, 0.05) is 72.5 Å². The topological polar surface area (TPSA) is 111 Å². The molecule has 0 bridgehead atoms. The molecular weight excluding hydrogens is 785 g/mol. The molecule has 0 aliphatic heterocycles. The van der Waals surface area contributed by atoms with E-state index >= 15 is 0 Å². The van der Waals surface area contributed by atoms with Gasteiger partial charge in [0.05, 0.1) is 11.8 Å². The number of amides is 2. The molecule has 0 spiro atoms. The molecule has 0 fully saturated rings. The molecule has 6 nitrogen and oxygen atoms in total. The summed E-state index contributed by atoms with van der Waals surface area (Å²) in [6.07, 6.45) is 19.0. The maximum atomic E-state index is 10.4.